The van der Waals surface area contributed by atoms with E-state index < -0.39 is 17.8 Å². The van der Waals surface area contributed by atoms with Gasteiger partial charge in [-0.2, -0.15) is 0 Å². The predicted molar refractivity (Wildman–Crippen MR) is 40.1 cm³/mol. The molecule has 0 atom stereocenters. The van der Waals surface area contributed by atoms with Gasteiger partial charge < -0.3 is 4.74 Å². The van der Waals surface area contributed by atoms with Crippen LogP contribution in [-0.2, 0) is 19.1 Å². The number of carbonyl (C=O) groups is 3. The molecule has 0 aromatic heterocycles. The number of amides is 2. The highest BCUT2D eigenvalue weighted by Gasteiger charge is 2.23. The molecule has 0 aromatic rings. The summed E-state index contributed by atoms with van der Waals surface area (Å²) in [4.78, 5) is 33.2. The molecule has 0 fully saturated rings. The summed E-state index contributed by atoms with van der Waals surface area (Å²) < 4.78 is 4.16. The Labute approximate surface area is 70.3 Å². The summed E-state index contributed by atoms with van der Waals surface area (Å²) in [7, 11) is 1.09. The van der Waals surface area contributed by atoms with Gasteiger partial charge in [-0.25, -0.2) is 4.79 Å². The minimum Gasteiger partial charge on any atom is -0.462 e. The van der Waals surface area contributed by atoms with E-state index in [1.54, 1.807) is 6.92 Å². The second kappa shape index (κ2) is 4.48. The van der Waals surface area contributed by atoms with E-state index >= 15 is 0 Å². The summed E-state index contributed by atoms with van der Waals surface area (Å²) in [5.41, 5.74) is 0. The number of methoxy groups -OCH3 is 1. The minimum atomic E-state index is -1.02. The van der Waals surface area contributed by atoms with Crippen molar-refractivity contribution in [1.29, 1.82) is 0 Å². The van der Waals surface area contributed by atoms with Crippen molar-refractivity contribution < 1.29 is 19.1 Å². The zero-order valence-electron chi connectivity index (χ0n) is 7.29. The third-order valence-electron chi connectivity index (χ3n) is 1.30. The van der Waals surface area contributed by atoms with Gasteiger partial charge in [0.05, 0.1) is 7.11 Å². The lowest BCUT2D eigenvalue weighted by atomic mass is 10.4. The maximum Gasteiger partial charge on any atom is 0.397 e. The highest BCUT2D eigenvalue weighted by Crippen LogP contribution is 1.92. The van der Waals surface area contributed by atoms with E-state index in [9.17, 15) is 14.4 Å². The summed E-state index contributed by atoms with van der Waals surface area (Å²) in [5.74, 6) is -2.41. The van der Waals surface area contributed by atoms with Crippen molar-refractivity contribution in [2.45, 2.75) is 13.8 Å². The zero-order valence-corrected chi connectivity index (χ0v) is 7.29. The first-order chi connectivity index (χ1) is 5.54. The Morgan fingerprint density at radius 3 is 2.08 bits per heavy atom. The molecule has 2 amide bonds. The maximum absolute atomic E-state index is 11.0. The molecule has 0 rings (SSSR count). The van der Waals surface area contributed by atoms with Crippen molar-refractivity contribution in [2.75, 3.05) is 13.7 Å². The topological polar surface area (TPSA) is 63.7 Å². The number of esters is 1. The lowest BCUT2D eigenvalue weighted by Crippen LogP contribution is -2.40. The Kier molecular flexibility index (Phi) is 3.96. The standard InChI is InChI=1S/C7H11NO4/c1-4-8(5(2)9)6(10)7(11)12-3/h4H2,1-3H3. The summed E-state index contributed by atoms with van der Waals surface area (Å²) in [6.07, 6.45) is 0. The normalized spacial score (nSPS) is 8.92. The van der Waals surface area contributed by atoms with Crippen LogP contribution in [-0.4, -0.2) is 36.3 Å². The van der Waals surface area contributed by atoms with Gasteiger partial charge in [-0.05, 0) is 6.92 Å². The van der Waals surface area contributed by atoms with Crippen LogP contribution < -0.4 is 0 Å². The number of imide groups is 1. The molecule has 0 N–H and O–H groups in total. The van der Waals surface area contributed by atoms with Crippen molar-refractivity contribution >= 4 is 17.8 Å². The molecule has 0 radical (unpaired) electrons. The van der Waals surface area contributed by atoms with Gasteiger partial charge in [0, 0.05) is 13.5 Å². The molecular formula is C7H11NO4. The molecule has 5 heteroatoms. The van der Waals surface area contributed by atoms with Crippen LogP contribution in [0, 0.1) is 0 Å². The van der Waals surface area contributed by atoms with E-state index in [2.05, 4.69) is 4.74 Å². The first-order valence-corrected chi connectivity index (χ1v) is 3.45. The van der Waals surface area contributed by atoms with Gasteiger partial charge in [0.25, 0.3) is 0 Å². The lowest BCUT2D eigenvalue weighted by Gasteiger charge is -2.14. The molecule has 12 heavy (non-hydrogen) atoms. The molecule has 5 nitrogen and oxygen atoms in total. The molecule has 0 saturated heterocycles. The number of likely N-dealkylation sites (N-methyl/N-ethyl adjacent to an activating group) is 1. The molecule has 0 aliphatic heterocycles. The molecule has 0 saturated carbocycles. The van der Waals surface area contributed by atoms with Crippen molar-refractivity contribution in [1.82, 2.24) is 4.90 Å². The van der Waals surface area contributed by atoms with Gasteiger partial charge in [-0.15, -0.1) is 0 Å². The Morgan fingerprint density at radius 1 is 1.33 bits per heavy atom. The van der Waals surface area contributed by atoms with Crippen LogP contribution in [0.1, 0.15) is 13.8 Å². The lowest BCUT2D eigenvalue weighted by molar-refractivity contribution is -0.161. The molecule has 0 bridgehead atoms. The third-order valence-corrected chi connectivity index (χ3v) is 1.30. The van der Waals surface area contributed by atoms with Gasteiger partial charge in [0.1, 0.15) is 0 Å². The molecule has 0 unspecified atom stereocenters. The zero-order chi connectivity index (χ0) is 9.72. The monoisotopic (exact) mass is 173 g/mol. The Balaban J connectivity index is 4.42. The summed E-state index contributed by atoms with van der Waals surface area (Å²) in [6, 6.07) is 0. The quantitative estimate of drug-likeness (QED) is 0.398. The first-order valence-electron chi connectivity index (χ1n) is 3.45. The second-order valence-electron chi connectivity index (χ2n) is 2.06. The Bertz CT molecular complexity index is 211. The number of ether oxygens (including phenoxy) is 1. The Hall–Kier alpha value is -1.39. The van der Waals surface area contributed by atoms with Crippen LogP contribution in [0.15, 0.2) is 0 Å². The van der Waals surface area contributed by atoms with Gasteiger partial charge in [-0.3, -0.25) is 14.5 Å². The summed E-state index contributed by atoms with van der Waals surface area (Å²) in [5, 5.41) is 0. The number of hydrogen-bond donors (Lipinski definition) is 0. The maximum atomic E-state index is 11.0. The smallest absolute Gasteiger partial charge is 0.397 e. The van der Waals surface area contributed by atoms with E-state index in [1.165, 1.54) is 6.92 Å². The summed E-state index contributed by atoms with van der Waals surface area (Å²) >= 11 is 0. The average molecular weight is 173 g/mol. The molecule has 68 valence electrons. The molecule has 0 aliphatic rings. The number of hydrogen-bond acceptors (Lipinski definition) is 4. The van der Waals surface area contributed by atoms with Gasteiger partial charge in [0.2, 0.25) is 5.91 Å². The van der Waals surface area contributed by atoms with Crippen molar-refractivity contribution in [3.05, 3.63) is 0 Å². The molecule has 0 aromatic carbocycles. The van der Waals surface area contributed by atoms with Crippen LogP contribution in [0.5, 0.6) is 0 Å². The average Bonchev–Trinajstić information content (AvgIpc) is 2.03. The van der Waals surface area contributed by atoms with Crippen LogP contribution >= 0.6 is 0 Å². The number of carbonyl (C=O) groups excluding carboxylic acids is 3. The largest absolute Gasteiger partial charge is 0.462 e. The second-order valence-corrected chi connectivity index (χ2v) is 2.06. The number of nitrogens with zero attached hydrogens (tertiary/aromatic N) is 1. The van der Waals surface area contributed by atoms with E-state index in [0.29, 0.717) is 0 Å². The third kappa shape index (κ3) is 2.34. The predicted octanol–water partition coefficient (Wildman–Crippen LogP) is -0.446. The molecule has 0 heterocycles. The van der Waals surface area contributed by atoms with E-state index in [-0.39, 0.29) is 6.54 Å². The first kappa shape index (κ1) is 10.6. The fraction of sp³-hybridized carbons (Fsp3) is 0.571. The SMILES string of the molecule is CCN(C(C)=O)C(=O)C(=O)OC. The molecule has 0 spiro atoms. The van der Waals surface area contributed by atoms with Crippen molar-refractivity contribution in [3.8, 4) is 0 Å². The van der Waals surface area contributed by atoms with Crippen molar-refractivity contribution in [3.63, 3.8) is 0 Å². The van der Waals surface area contributed by atoms with E-state index in [0.717, 1.165) is 12.0 Å². The van der Waals surface area contributed by atoms with Crippen LogP contribution in [0.4, 0.5) is 0 Å². The minimum absolute atomic E-state index is 0.170. The fourth-order valence-corrected chi connectivity index (χ4v) is 0.707. The highest BCUT2D eigenvalue weighted by molar-refractivity contribution is 6.35. The van der Waals surface area contributed by atoms with Gasteiger partial charge in [0.15, 0.2) is 0 Å². The van der Waals surface area contributed by atoms with Gasteiger partial charge >= 0.3 is 11.9 Å². The highest BCUT2D eigenvalue weighted by atomic mass is 16.5. The number of rotatable bonds is 1. The van der Waals surface area contributed by atoms with Crippen LogP contribution in [0.3, 0.4) is 0 Å². The van der Waals surface area contributed by atoms with Gasteiger partial charge in [-0.1, -0.05) is 0 Å². The molecule has 0 aliphatic carbocycles. The van der Waals surface area contributed by atoms with Crippen LogP contribution in [0.25, 0.3) is 0 Å². The Morgan fingerprint density at radius 2 is 1.83 bits per heavy atom. The summed E-state index contributed by atoms with van der Waals surface area (Å²) in [6.45, 7) is 2.98. The molecular weight excluding hydrogens is 162 g/mol. The van der Waals surface area contributed by atoms with E-state index in [4.69, 9.17) is 0 Å². The van der Waals surface area contributed by atoms with E-state index in [1.807, 2.05) is 0 Å². The fourth-order valence-electron chi connectivity index (χ4n) is 0.707. The van der Waals surface area contributed by atoms with Crippen LogP contribution in [0.2, 0.25) is 0 Å². The van der Waals surface area contributed by atoms with Crippen molar-refractivity contribution in [2.24, 2.45) is 0 Å².